The third-order valence-corrected chi connectivity index (χ3v) is 5.10. The molecule has 0 radical (unpaired) electrons. The molecule has 7 nitrogen and oxygen atoms in total. The molecule has 1 heterocycles. The molecule has 7 heteroatoms. The number of nitrogen functional groups attached to an aromatic ring is 1. The van der Waals surface area contributed by atoms with Gasteiger partial charge in [0.15, 0.2) is 0 Å². The van der Waals surface area contributed by atoms with Crippen molar-refractivity contribution in [2.45, 2.75) is 50.9 Å². The number of hydrogen-bond donors (Lipinski definition) is 3. The van der Waals surface area contributed by atoms with Crippen LogP contribution in [-0.4, -0.2) is 39.1 Å². The van der Waals surface area contributed by atoms with Gasteiger partial charge in [-0.15, -0.1) is 0 Å². The van der Waals surface area contributed by atoms with Crippen LogP contribution in [0.25, 0.3) is 5.69 Å². The average molecular weight is 356 g/mol. The first-order valence-corrected chi connectivity index (χ1v) is 9.16. The summed E-state index contributed by atoms with van der Waals surface area (Å²) >= 11 is 0. The number of hydrogen-bond acceptors (Lipinski definition) is 6. The molecule has 140 valence electrons. The van der Waals surface area contributed by atoms with E-state index in [2.05, 4.69) is 16.8 Å². The van der Waals surface area contributed by atoms with Crippen LogP contribution in [0.2, 0.25) is 0 Å². The molecule has 0 aliphatic heterocycles. The van der Waals surface area contributed by atoms with Crippen molar-refractivity contribution in [1.29, 1.82) is 0 Å². The summed E-state index contributed by atoms with van der Waals surface area (Å²) in [6, 6.07) is 10.4. The molecule has 1 saturated carbocycles. The molecule has 0 unspecified atom stereocenters. The highest BCUT2D eigenvalue weighted by molar-refractivity contribution is 5.36. The third kappa shape index (κ3) is 4.30. The number of anilines is 1. The second kappa shape index (κ2) is 7.99. The van der Waals surface area contributed by atoms with Crippen LogP contribution in [0.1, 0.15) is 31.7 Å². The molecule has 1 aromatic heterocycles. The van der Waals surface area contributed by atoms with Gasteiger partial charge in [-0.05, 0) is 49.6 Å². The van der Waals surface area contributed by atoms with Gasteiger partial charge in [-0.25, -0.2) is 4.79 Å². The molecule has 26 heavy (non-hydrogen) atoms. The molecule has 2 aromatic rings. The van der Waals surface area contributed by atoms with Gasteiger partial charge in [0.25, 0.3) is 0 Å². The molecule has 6 N–H and O–H groups in total. The highest BCUT2D eigenvalue weighted by Crippen LogP contribution is 2.23. The van der Waals surface area contributed by atoms with E-state index in [9.17, 15) is 4.79 Å². The predicted molar refractivity (Wildman–Crippen MR) is 104 cm³/mol. The van der Waals surface area contributed by atoms with E-state index in [1.165, 1.54) is 10.1 Å². The number of aromatic nitrogens is 2. The molecule has 0 spiro atoms. The van der Waals surface area contributed by atoms with E-state index < -0.39 is 0 Å². The summed E-state index contributed by atoms with van der Waals surface area (Å²) in [7, 11) is 0. The van der Waals surface area contributed by atoms with E-state index in [-0.39, 0.29) is 23.6 Å². The van der Waals surface area contributed by atoms with Gasteiger partial charge in [0.1, 0.15) is 5.82 Å². The van der Waals surface area contributed by atoms with Crippen molar-refractivity contribution in [2.75, 3.05) is 12.3 Å². The summed E-state index contributed by atoms with van der Waals surface area (Å²) in [5.74, 6) is 0.227. The van der Waals surface area contributed by atoms with Crippen LogP contribution < -0.4 is 22.9 Å². The van der Waals surface area contributed by atoms with E-state index in [0.29, 0.717) is 6.04 Å². The van der Waals surface area contributed by atoms with Crippen LogP contribution in [-0.2, 0) is 6.54 Å². The molecule has 1 aromatic carbocycles. The van der Waals surface area contributed by atoms with Crippen LogP contribution in [0, 0.1) is 0 Å². The molecule has 3 atom stereocenters. The van der Waals surface area contributed by atoms with Crippen molar-refractivity contribution >= 4 is 5.82 Å². The number of benzene rings is 1. The van der Waals surface area contributed by atoms with E-state index >= 15 is 0 Å². The first-order chi connectivity index (χ1) is 12.5. The lowest BCUT2D eigenvalue weighted by atomic mass is 9.87. The molecule has 1 aliphatic carbocycles. The fourth-order valence-electron chi connectivity index (χ4n) is 3.78. The fraction of sp³-hybridized carbons (Fsp3) is 0.474. The van der Waals surface area contributed by atoms with E-state index in [4.69, 9.17) is 17.2 Å². The van der Waals surface area contributed by atoms with Crippen molar-refractivity contribution in [3.8, 4) is 5.69 Å². The molecular weight excluding hydrogens is 328 g/mol. The van der Waals surface area contributed by atoms with Gasteiger partial charge in [0.2, 0.25) is 0 Å². The Morgan fingerprint density at radius 3 is 2.35 bits per heavy atom. The molecule has 0 amide bonds. The SMILES string of the molecule is CCN(Cc1ccc(-n2ccc(N)nc2=O)cc1)[C@@H]1C[C@H](N)C[C@H](N)C1. The Labute approximate surface area is 153 Å². The van der Waals surface area contributed by atoms with E-state index in [0.717, 1.165) is 38.0 Å². The predicted octanol–water partition coefficient (Wildman–Crippen LogP) is 0.844. The van der Waals surface area contributed by atoms with Crippen molar-refractivity contribution < 1.29 is 0 Å². The topological polar surface area (TPSA) is 116 Å². The monoisotopic (exact) mass is 356 g/mol. The molecule has 0 bridgehead atoms. The molecular formula is C19H28N6O. The van der Waals surface area contributed by atoms with Gasteiger partial charge in [-0.2, -0.15) is 4.98 Å². The maximum absolute atomic E-state index is 12.0. The standard InChI is InChI=1S/C19H28N6O/c1-2-24(17-10-14(20)9-15(21)11-17)12-13-3-5-16(6-4-13)25-8-7-18(22)23-19(25)26/h3-8,14-15,17H,2,9-12,20-21H2,1H3,(H2,22,23,26)/t14-,15+,17-. The van der Waals surface area contributed by atoms with Crippen molar-refractivity contribution in [2.24, 2.45) is 11.5 Å². The average Bonchev–Trinajstić information content (AvgIpc) is 2.59. The normalized spacial score (nSPS) is 23.3. The third-order valence-electron chi connectivity index (χ3n) is 5.10. The Hall–Kier alpha value is -2.22. The van der Waals surface area contributed by atoms with Crippen LogP contribution in [0.15, 0.2) is 41.3 Å². The van der Waals surface area contributed by atoms with Crippen LogP contribution >= 0.6 is 0 Å². The Kier molecular flexibility index (Phi) is 5.70. The maximum atomic E-state index is 12.0. The zero-order valence-corrected chi connectivity index (χ0v) is 15.2. The first-order valence-electron chi connectivity index (χ1n) is 9.16. The Morgan fingerprint density at radius 1 is 1.12 bits per heavy atom. The lowest BCUT2D eigenvalue weighted by molar-refractivity contribution is 0.137. The number of rotatable bonds is 5. The molecule has 0 saturated heterocycles. The zero-order valence-electron chi connectivity index (χ0n) is 15.2. The van der Waals surface area contributed by atoms with Gasteiger partial charge in [0.05, 0.1) is 5.69 Å². The fourth-order valence-corrected chi connectivity index (χ4v) is 3.78. The Bertz CT molecular complexity index is 777. The van der Waals surface area contributed by atoms with Crippen LogP contribution in [0.4, 0.5) is 5.82 Å². The van der Waals surface area contributed by atoms with Crippen molar-refractivity contribution in [3.05, 3.63) is 52.6 Å². The summed E-state index contributed by atoms with van der Waals surface area (Å²) in [4.78, 5) is 18.2. The first kappa shape index (κ1) is 18.6. The van der Waals surface area contributed by atoms with Gasteiger partial charge in [-0.3, -0.25) is 9.47 Å². The van der Waals surface area contributed by atoms with Gasteiger partial charge >= 0.3 is 5.69 Å². The number of nitrogens with two attached hydrogens (primary N) is 3. The van der Waals surface area contributed by atoms with Gasteiger partial charge < -0.3 is 17.2 Å². The minimum Gasteiger partial charge on any atom is -0.383 e. The number of nitrogens with zero attached hydrogens (tertiary/aromatic N) is 3. The lowest BCUT2D eigenvalue weighted by Gasteiger charge is -2.38. The highest BCUT2D eigenvalue weighted by Gasteiger charge is 2.28. The molecule has 3 rings (SSSR count). The molecule has 1 fully saturated rings. The minimum atomic E-state index is -0.377. The quantitative estimate of drug-likeness (QED) is 0.731. The summed E-state index contributed by atoms with van der Waals surface area (Å²) in [6.45, 7) is 3.96. The van der Waals surface area contributed by atoms with Gasteiger partial charge in [-0.1, -0.05) is 19.1 Å². The summed E-state index contributed by atoms with van der Waals surface area (Å²) in [6.07, 6.45) is 4.54. The summed E-state index contributed by atoms with van der Waals surface area (Å²) < 4.78 is 1.48. The second-order valence-electron chi connectivity index (χ2n) is 7.12. The van der Waals surface area contributed by atoms with Crippen LogP contribution in [0.5, 0.6) is 0 Å². The van der Waals surface area contributed by atoms with E-state index in [1.54, 1.807) is 12.3 Å². The maximum Gasteiger partial charge on any atom is 0.354 e. The van der Waals surface area contributed by atoms with Crippen molar-refractivity contribution in [1.82, 2.24) is 14.5 Å². The van der Waals surface area contributed by atoms with Gasteiger partial charge in [0, 0.05) is 30.9 Å². The second-order valence-corrected chi connectivity index (χ2v) is 7.12. The Morgan fingerprint density at radius 2 is 1.77 bits per heavy atom. The summed E-state index contributed by atoms with van der Waals surface area (Å²) in [5.41, 5.74) is 19.4. The van der Waals surface area contributed by atoms with Crippen LogP contribution in [0.3, 0.4) is 0 Å². The minimum absolute atomic E-state index is 0.185. The zero-order chi connectivity index (χ0) is 18.7. The Balaban J connectivity index is 1.72. The molecule has 1 aliphatic rings. The van der Waals surface area contributed by atoms with Crippen molar-refractivity contribution in [3.63, 3.8) is 0 Å². The van der Waals surface area contributed by atoms with E-state index in [1.807, 2.05) is 24.3 Å². The largest absolute Gasteiger partial charge is 0.383 e. The highest BCUT2D eigenvalue weighted by atomic mass is 16.1. The lowest BCUT2D eigenvalue weighted by Crippen LogP contribution is -2.48. The summed E-state index contributed by atoms with van der Waals surface area (Å²) in [5, 5.41) is 0. The smallest absolute Gasteiger partial charge is 0.354 e.